The first-order valence-electron chi connectivity index (χ1n) is 12.0. The molecule has 0 aromatic heterocycles. The van der Waals surface area contributed by atoms with Crippen LogP contribution in [-0.2, 0) is 11.3 Å². The Labute approximate surface area is 224 Å². The Morgan fingerprint density at radius 2 is 1.81 bits per heavy atom. The average Bonchev–Trinajstić information content (AvgIpc) is 3.27. The van der Waals surface area contributed by atoms with E-state index in [0.29, 0.717) is 17.9 Å². The van der Waals surface area contributed by atoms with Gasteiger partial charge in [0.2, 0.25) is 0 Å². The van der Waals surface area contributed by atoms with Crippen LogP contribution in [0.25, 0.3) is 0 Å². The highest BCUT2D eigenvalue weighted by Gasteiger charge is 2.51. The summed E-state index contributed by atoms with van der Waals surface area (Å²) in [6, 6.07) is 20.3. The number of fused-ring (bicyclic) bond motifs is 2. The number of nitrogens with one attached hydrogen (secondary N) is 1. The molecule has 1 spiro atoms. The van der Waals surface area contributed by atoms with Crippen LogP contribution in [0.1, 0.15) is 28.8 Å². The van der Waals surface area contributed by atoms with Crippen LogP contribution in [0.15, 0.2) is 112 Å². The number of allylic oxidation sites excluding steroid dienone is 4. The summed E-state index contributed by atoms with van der Waals surface area (Å²) in [4.78, 5) is 31.7. The van der Waals surface area contributed by atoms with Crippen molar-refractivity contribution in [3.05, 3.63) is 118 Å². The molecule has 1 atom stereocenters. The molecule has 0 fully saturated rings. The Morgan fingerprint density at radius 3 is 2.62 bits per heavy atom. The highest BCUT2D eigenvalue weighted by molar-refractivity contribution is 7.99. The van der Waals surface area contributed by atoms with Crippen LogP contribution in [0.2, 0.25) is 5.02 Å². The van der Waals surface area contributed by atoms with Crippen LogP contribution in [0.3, 0.4) is 0 Å². The normalized spacial score (nSPS) is 20.2. The number of phenolic OH excluding ortho intramolecular Hbond substituents is 1. The number of hydrogen-bond donors (Lipinski definition) is 2. The lowest BCUT2D eigenvalue weighted by atomic mass is 9.92. The molecule has 37 heavy (non-hydrogen) atoms. The zero-order valence-electron chi connectivity index (χ0n) is 19.8. The summed E-state index contributed by atoms with van der Waals surface area (Å²) >= 11 is 7.65. The Bertz CT molecular complexity index is 1530. The number of nitrogens with zero attached hydrogens (tertiary/aromatic N) is 1. The van der Waals surface area contributed by atoms with Crippen LogP contribution in [-0.4, -0.2) is 27.4 Å². The Morgan fingerprint density at radius 1 is 1.00 bits per heavy atom. The number of phenols is 1. The standard InChI is InChI=1S/C30H23ClN2O3S/c31-22-12-14-23(15-13-22)37-26-11-4-3-8-21(26)18-33-28(35)24-9-5-10-25(34)27(24)32-29(36)30(33)16-19-6-1-2-7-20(19)17-30/h1-6,8-15,17,34H,7,16,18H2,(H,32,36). The lowest BCUT2D eigenvalue weighted by Gasteiger charge is -2.37. The average molecular weight is 527 g/mol. The van der Waals surface area contributed by atoms with Gasteiger partial charge >= 0.3 is 0 Å². The third kappa shape index (κ3) is 4.16. The SMILES string of the molecule is O=C1c2cccc(O)c2NC(=O)C2(C=C3CC=CC=C3C2)N1Cc1ccccc1Sc1ccc(Cl)cc1. The van der Waals surface area contributed by atoms with E-state index in [0.717, 1.165) is 26.5 Å². The Balaban J connectivity index is 1.45. The van der Waals surface area contributed by atoms with Crippen molar-refractivity contribution >= 4 is 40.9 Å². The maximum absolute atomic E-state index is 14.1. The summed E-state index contributed by atoms with van der Waals surface area (Å²) in [5.74, 6) is -0.759. The molecule has 5 nitrogen and oxygen atoms in total. The smallest absolute Gasteiger partial charge is 0.257 e. The predicted molar refractivity (Wildman–Crippen MR) is 146 cm³/mol. The molecule has 1 unspecified atom stereocenters. The topological polar surface area (TPSA) is 69.6 Å². The molecular weight excluding hydrogens is 504 g/mol. The van der Waals surface area contributed by atoms with E-state index in [2.05, 4.69) is 5.32 Å². The van der Waals surface area contributed by atoms with Gasteiger partial charge in [-0.25, -0.2) is 0 Å². The van der Waals surface area contributed by atoms with Crippen molar-refractivity contribution in [3.8, 4) is 5.75 Å². The van der Waals surface area contributed by atoms with E-state index in [9.17, 15) is 14.7 Å². The lowest BCUT2D eigenvalue weighted by Crippen LogP contribution is -2.55. The van der Waals surface area contributed by atoms with E-state index in [4.69, 9.17) is 11.6 Å². The molecule has 1 aliphatic heterocycles. The highest BCUT2D eigenvalue weighted by Crippen LogP contribution is 2.46. The first-order valence-corrected chi connectivity index (χ1v) is 13.2. The van der Waals surface area contributed by atoms with E-state index in [1.807, 2.05) is 72.8 Å². The van der Waals surface area contributed by atoms with Gasteiger partial charge in [0.25, 0.3) is 11.8 Å². The minimum atomic E-state index is -1.21. The van der Waals surface area contributed by atoms with E-state index in [1.54, 1.807) is 28.8 Å². The Kier molecular flexibility index (Phi) is 5.94. The van der Waals surface area contributed by atoms with Gasteiger partial charge in [-0.05, 0) is 71.7 Å². The Hall–Kier alpha value is -3.74. The molecule has 3 aliphatic rings. The van der Waals surface area contributed by atoms with Gasteiger partial charge < -0.3 is 15.3 Å². The van der Waals surface area contributed by atoms with Crippen molar-refractivity contribution in [3.63, 3.8) is 0 Å². The fraction of sp³-hybridized carbons (Fsp3) is 0.133. The van der Waals surface area contributed by atoms with Gasteiger partial charge in [-0.3, -0.25) is 9.59 Å². The number of aromatic hydroxyl groups is 1. The number of anilines is 1. The third-order valence-corrected chi connectivity index (χ3v) is 8.41. The molecule has 1 heterocycles. The monoisotopic (exact) mass is 526 g/mol. The number of amides is 2. The zero-order valence-corrected chi connectivity index (χ0v) is 21.4. The van der Waals surface area contributed by atoms with Crippen molar-refractivity contribution in [2.45, 2.75) is 34.7 Å². The minimum absolute atomic E-state index is 0.126. The molecule has 7 heteroatoms. The van der Waals surface area contributed by atoms with Gasteiger partial charge in [-0.2, -0.15) is 0 Å². The van der Waals surface area contributed by atoms with Crippen molar-refractivity contribution in [2.24, 2.45) is 0 Å². The number of halogens is 1. The number of para-hydroxylation sites is 1. The van der Waals surface area contributed by atoms with Crippen molar-refractivity contribution in [2.75, 3.05) is 5.32 Å². The third-order valence-electron chi connectivity index (χ3n) is 7.03. The maximum atomic E-state index is 14.1. The van der Waals surface area contributed by atoms with Crippen LogP contribution in [0, 0.1) is 0 Å². The number of hydrogen-bond acceptors (Lipinski definition) is 4. The van der Waals surface area contributed by atoms with Gasteiger partial charge in [-0.15, -0.1) is 0 Å². The molecule has 0 saturated heterocycles. The van der Waals surface area contributed by atoms with Crippen LogP contribution in [0.4, 0.5) is 5.69 Å². The second-order valence-electron chi connectivity index (χ2n) is 9.30. The van der Waals surface area contributed by atoms with Gasteiger partial charge in [0.15, 0.2) is 0 Å². The highest BCUT2D eigenvalue weighted by atomic mass is 35.5. The van der Waals surface area contributed by atoms with Crippen molar-refractivity contribution in [1.29, 1.82) is 0 Å². The summed E-state index contributed by atoms with van der Waals surface area (Å²) in [6.45, 7) is 0.225. The van der Waals surface area contributed by atoms with Gasteiger partial charge in [-0.1, -0.05) is 65.9 Å². The van der Waals surface area contributed by atoms with Crippen LogP contribution in [0.5, 0.6) is 5.75 Å². The molecule has 0 radical (unpaired) electrons. The van der Waals surface area contributed by atoms with E-state index < -0.39 is 5.54 Å². The second-order valence-corrected chi connectivity index (χ2v) is 10.9. The quantitative estimate of drug-likeness (QED) is 0.369. The molecule has 2 aliphatic carbocycles. The molecule has 0 bridgehead atoms. The van der Waals surface area contributed by atoms with E-state index in [-0.39, 0.29) is 35.4 Å². The summed E-state index contributed by atoms with van der Waals surface area (Å²) in [6.07, 6.45) is 9.09. The summed E-state index contributed by atoms with van der Waals surface area (Å²) in [5.41, 5.74) is 2.24. The molecule has 3 aromatic carbocycles. The molecule has 0 saturated carbocycles. The molecule has 3 aromatic rings. The summed E-state index contributed by atoms with van der Waals surface area (Å²) in [7, 11) is 0. The van der Waals surface area contributed by atoms with Crippen molar-refractivity contribution < 1.29 is 14.7 Å². The lowest BCUT2D eigenvalue weighted by molar-refractivity contribution is -0.124. The fourth-order valence-corrected chi connectivity index (χ4v) is 6.22. The first kappa shape index (κ1) is 23.6. The first-order chi connectivity index (χ1) is 17.9. The molecule has 6 rings (SSSR count). The molecule has 184 valence electrons. The van der Waals surface area contributed by atoms with Crippen LogP contribution < -0.4 is 5.32 Å². The second kappa shape index (κ2) is 9.29. The summed E-state index contributed by atoms with van der Waals surface area (Å²) in [5, 5.41) is 14.1. The fourth-order valence-electron chi connectivity index (χ4n) is 5.16. The number of carbonyl (C=O) groups is 2. The predicted octanol–water partition coefficient (Wildman–Crippen LogP) is 6.75. The maximum Gasteiger partial charge on any atom is 0.257 e. The number of benzene rings is 3. The van der Waals surface area contributed by atoms with Gasteiger partial charge in [0.1, 0.15) is 11.3 Å². The molecule has 2 N–H and O–H groups in total. The van der Waals surface area contributed by atoms with E-state index in [1.165, 1.54) is 6.07 Å². The number of carbonyl (C=O) groups excluding carboxylic acids is 2. The van der Waals surface area contributed by atoms with Crippen LogP contribution >= 0.6 is 23.4 Å². The van der Waals surface area contributed by atoms with Gasteiger partial charge in [0.05, 0.1) is 11.3 Å². The minimum Gasteiger partial charge on any atom is -0.506 e. The molecule has 2 amide bonds. The zero-order chi connectivity index (χ0) is 25.6. The largest absolute Gasteiger partial charge is 0.506 e. The number of rotatable bonds is 4. The van der Waals surface area contributed by atoms with Gasteiger partial charge in [0, 0.05) is 27.8 Å². The molecular formula is C30H23ClN2O3S. The summed E-state index contributed by atoms with van der Waals surface area (Å²) < 4.78 is 0. The van der Waals surface area contributed by atoms with E-state index >= 15 is 0 Å². The van der Waals surface area contributed by atoms with Crippen molar-refractivity contribution in [1.82, 2.24) is 4.90 Å².